The number of aliphatic hydroxyl groups excluding tert-OH is 2. The lowest BCUT2D eigenvalue weighted by Gasteiger charge is -2.31. The topological polar surface area (TPSA) is 452 Å². The largest absolute Gasteiger partial charge is 0.508 e. The van der Waals surface area contributed by atoms with Crippen molar-refractivity contribution in [2.45, 2.75) is 132 Å². The number of primary amides is 1. The summed E-state index contributed by atoms with van der Waals surface area (Å²) in [4.78, 5) is 124. The average Bonchev–Trinajstić information content (AvgIpc) is 3.77. The molecular weight excluding hydrogens is 915 g/mol. The number of carboxylic acids is 1. The minimum absolute atomic E-state index is 0.0552. The fourth-order valence-electron chi connectivity index (χ4n) is 6.97. The maximum atomic E-state index is 14.1. The Balaban J connectivity index is 2.32. The smallest absolute Gasteiger partial charge is 0.326 e. The van der Waals surface area contributed by atoms with Gasteiger partial charge in [0.25, 0.3) is 0 Å². The number of nitrogens with one attached hydrogen (secondary N) is 6. The predicted molar refractivity (Wildman–Crippen MR) is 248 cm³/mol. The first-order chi connectivity index (χ1) is 32.0. The molecule has 0 aromatic heterocycles. The number of likely N-dealkylation sites (tertiary alicyclic amines) is 1. The molecule has 20 N–H and O–H groups in total. The van der Waals surface area contributed by atoms with Crippen molar-refractivity contribution in [2.75, 3.05) is 25.4 Å². The maximum Gasteiger partial charge on any atom is 0.326 e. The summed E-state index contributed by atoms with van der Waals surface area (Å²) in [6.07, 6.45) is -2.96. The highest BCUT2D eigenvalue weighted by Crippen LogP contribution is 2.20. The SMILES string of the molecule is C[C@@H](O)[C@H](NC(=O)[C@H](Cc1ccc(O)cc1)NC(=O)[C@@H](N)CS)C(=O)N[C@H](C(=O)N[C@@H](CC(N)=O)C(=O)N1CCC[C@H]1C(=O)N[C@@H](CCCN=C(N)N)C(=O)N[C@@H](CCCCN)C(=O)O)[C@@H](C)O. The number of rotatable bonds is 29. The van der Waals surface area contributed by atoms with Gasteiger partial charge < -0.3 is 85.9 Å². The third kappa shape index (κ3) is 19.1. The van der Waals surface area contributed by atoms with Crippen molar-refractivity contribution in [3.63, 3.8) is 0 Å². The lowest BCUT2D eigenvalue weighted by atomic mass is 10.0. The van der Waals surface area contributed by atoms with Crippen LogP contribution in [0.15, 0.2) is 29.3 Å². The first-order valence-electron chi connectivity index (χ1n) is 21.9. The molecule has 1 saturated heterocycles. The van der Waals surface area contributed by atoms with Gasteiger partial charge in [-0.2, -0.15) is 12.6 Å². The van der Waals surface area contributed by atoms with Crippen molar-refractivity contribution in [1.29, 1.82) is 0 Å². The summed E-state index contributed by atoms with van der Waals surface area (Å²) in [6.45, 7) is 2.53. The highest BCUT2D eigenvalue weighted by atomic mass is 32.1. The summed E-state index contributed by atoms with van der Waals surface area (Å²) >= 11 is 4.00. The lowest BCUT2D eigenvalue weighted by Crippen LogP contribution is -2.63. The number of guanidine groups is 1. The summed E-state index contributed by atoms with van der Waals surface area (Å²) in [5.74, 6) is -9.57. The number of aliphatic carboxylic acids is 1. The van der Waals surface area contributed by atoms with Crippen LogP contribution >= 0.6 is 12.6 Å². The number of unbranched alkanes of at least 4 members (excludes halogenated alkanes) is 1. The summed E-state index contributed by atoms with van der Waals surface area (Å²) in [5.41, 5.74) is 28.0. The molecule has 10 atom stereocenters. The molecule has 68 heavy (non-hydrogen) atoms. The molecule has 26 nitrogen and oxygen atoms in total. The van der Waals surface area contributed by atoms with Crippen molar-refractivity contribution in [1.82, 2.24) is 36.8 Å². The van der Waals surface area contributed by atoms with E-state index in [2.05, 4.69) is 49.5 Å². The zero-order valence-electron chi connectivity index (χ0n) is 38.0. The highest BCUT2D eigenvalue weighted by molar-refractivity contribution is 7.80. The van der Waals surface area contributed by atoms with Crippen LogP contribution in [0, 0.1) is 0 Å². The van der Waals surface area contributed by atoms with Gasteiger partial charge in [-0.3, -0.25) is 43.3 Å². The number of hydrogen-bond acceptors (Lipinski definition) is 16. The van der Waals surface area contributed by atoms with E-state index in [0.29, 0.717) is 24.9 Å². The van der Waals surface area contributed by atoms with E-state index in [-0.39, 0.29) is 69.1 Å². The average molecular weight is 982 g/mol. The zero-order valence-corrected chi connectivity index (χ0v) is 38.9. The molecule has 0 unspecified atom stereocenters. The number of aliphatic imine (C=N–C) groups is 1. The third-order valence-electron chi connectivity index (χ3n) is 10.7. The molecule has 1 aromatic rings. The summed E-state index contributed by atoms with van der Waals surface area (Å²) in [6, 6.07) is -6.25. The summed E-state index contributed by atoms with van der Waals surface area (Å²) < 4.78 is 0. The molecule has 1 fully saturated rings. The van der Waals surface area contributed by atoms with Gasteiger partial charge in [0.05, 0.1) is 24.7 Å². The number of amides is 8. The number of phenolic OH excluding ortho intramolecular Hbond substituents is 1. The second-order valence-electron chi connectivity index (χ2n) is 16.3. The van der Waals surface area contributed by atoms with E-state index in [9.17, 15) is 63.6 Å². The number of phenols is 1. The monoisotopic (exact) mass is 981 g/mol. The molecule has 27 heteroatoms. The zero-order chi connectivity index (χ0) is 51.2. The lowest BCUT2D eigenvalue weighted by molar-refractivity contribution is -0.144. The van der Waals surface area contributed by atoms with E-state index in [1.165, 1.54) is 24.3 Å². The number of carboxylic acid groups (broad SMARTS) is 1. The van der Waals surface area contributed by atoms with Crippen LogP contribution < -0.4 is 60.6 Å². The fourth-order valence-corrected chi connectivity index (χ4v) is 7.14. The van der Waals surface area contributed by atoms with Gasteiger partial charge in [0.1, 0.15) is 48.0 Å². The van der Waals surface area contributed by atoms with Gasteiger partial charge in [-0.1, -0.05) is 12.1 Å². The number of aromatic hydroxyl groups is 1. The van der Waals surface area contributed by atoms with Crippen LogP contribution in [0.4, 0.5) is 0 Å². The number of nitrogens with zero attached hydrogens (tertiary/aromatic N) is 2. The first-order valence-corrected chi connectivity index (χ1v) is 22.5. The Hall–Kier alpha value is -6.29. The quantitative estimate of drug-likeness (QED) is 0.0154. The van der Waals surface area contributed by atoms with Crippen molar-refractivity contribution in [2.24, 2.45) is 33.7 Å². The predicted octanol–water partition coefficient (Wildman–Crippen LogP) is -6.00. The van der Waals surface area contributed by atoms with Crippen LogP contribution in [-0.2, 0) is 49.6 Å². The van der Waals surface area contributed by atoms with Crippen molar-refractivity contribution < 1.29 is 63.6 Å². The van der Waals surface area contributed by atoms with Crippen LogP contribution in [0.1, 0.15) is 70.8 Å². The molecule has 0 aliphatic carbocycles. The number of aliphatic hydroxyl groups is 2. The standard InChI is InChI=1S/C41H67N13O13S/c1-20(55)31(53-38(64)32(21(2)56)52-35(61)27(50-33(59)24(43)19-68)17-22-10-12-23(57)13-11-22)37(63)51-28(18-30(44)58)39(65)54-16-6-9-29(54)36(62)48-25(8-5-15-47-41(45)46)34(60)49-26(40(66)67)7-3-4-14-42/h10-13,20-21,24-29,31-32,55-57,68H,3-9,14-19,42-43H2,1-2H3,(H2,44,58)(H,48,62)(H,49,60)(H,50,59)(H,51,63)(H,52,61)(H,53,64)(H,66,67)(H4,45,46,47)/t20-,21-,24+,25+,26+,27+,28+,29+,31+,32+/m1/s1. The number of benzene rings is 1. The Labute approximate surface area is 398 Å². The first kappa shape index (κ1) is 57.8. The van der Waals surface area contributed by atoms with Gasteiger partial charge in [-0.25, -0.2) is 4.79 Å². The van der Waals surface area contributed by atoms with Crippen molar-refractivity contribution in [3.05, 3.63) is 29.8 Å². The molecule has 2 rings (SSSR count). The third-order valence-corrected chi connectivity index (χ3v) is 11.1. The Morgan fingerprint density at radius 1 is 0.750 bits per heavy atom. The van der Waals surface area contributed by atoms with E-state index >= 15 is 0 Å². The van der Waals surface area contributed by atoms with E-state index in [0.717, 1.165) is 18.7 Å². The van der Waals surface area contributed by atoms with Crippen LogP contribution in [0.2, 0.25) is 0 Å². The Morgan fingerprint density at radius 3 is 1.84 bits per heavy atom. The van der Waals surface area contributed by atoms with E-state index in [1.807, 2.05) is 0 Å². The molecule has 0 bridgehead atoms. The Bertz CT molecular complexity index is 1940. The molecule has 1 heterocycles. The molecule has 0 spiro atoms. The second kappa shape index (κ2) is 28.8. The highest BCUT2D eigenvalue weighted by Gasteiger charge is 2.41. The molecule has 380 valence electrons. The van der Waals surface area contributed by atoms with Crippen molar-refractivity contribution >= 4 is 71.8 Å². The van der Waals surface area contributed by atoms with Crippen LogP contribution in [0.25, 0.3) is 0 Å². The molecule has 0 radical (unpaired) electrons. The number of nitrogens with two attached hydrogens (primary N) is 5. The van der Waals surface area contributed by atoms with Gasteiger partial charge in [-0.05, 0) is 83.0 Å². The van der Waals surface area contributed by atoms with Crippen molar-refractivity contribution in [3.8, 4) is 5.75 Å². The van der Waals surface area contributed by atoms with Gasteiger partial charge >= 0.3 is 5.97 Å². The molecular formula is C41H67N13O13S. The Morgan fingerprint density at radius 2 is 1.29 bits per heavy atom. The molecule has 1 aliphatic heterocycles. The van der Waals surface area contributed by atoms with Crippen LogP contribution in [0.5, 0.6) is 5.75 Å². The number of thiol groups is 1. The van der Waals surface area contributed by atoms with Crippen LogP contribution in [0.3, 0.4) is 0 Å². The summed E-state index contributed by atoms with van der Waals surface area (Å²) in [5, 5.41) is 55.0. The normalized spacial score (nSPS) is 17.3. The number of carbonyl (C=O) groups is 9. The maximum absolute atomic E-state index is 14.1. The summed E-state index contributed by atoms with van der Waals surface area (Å²) in [7, 11) is 0. The molecule has 1 aliphatic rings. The van der Waals surface area contributed by atoms with E-state index < -0.39 is 120 Å². The minimum Gasteiger partial charge on any atom is -0.508 e. The minimum atomic E-state index is -1.90. The van der Waals surface area contributed by atoms with Gasteiger partial charge in [0, 0.05) is 25.3 Å². The second-order valence-corrected chi connectivity index (χ2v) is 16.7. The van der Waals surface area contributed by atoms with Gasteiger partial charge in [-0.15, -0.1) is 0 Å². The van der Waals surface area contributed by atoms with E-state index in [1.54, 1.807) is 0 Å². The Kier molecular flexibility index (Phi) is 24.5. The molecule has 8 amide bonds. The fraction of sp³-hybridized carbons (Fsp3) is 0.610. The molecule has 0 saturated carbocycles. The van der Waals surface area contributed by atoms with E-state index in [4.69, 9.17) is 28.7 Å². The van der Waals surface area contributed by atoms with Crippen LogP contribution in [-0.4, -0.2) is 170 Å². The van der Waals surface area contributed by atoms with Gasteiger partial charge in [0.15, 0.2) is 5.96 Å². The number of carbonyl (C=O) groups excluding carboxylic acids is 8. The molecule has 1 aromatic carbocycles. The van der Waals surface area contributed by atoms with Gasteiger partial charge in [0.2, 0.25) is 47.3 Å². The number of hydrogen-bond donors (Lipinski definition) is 16.